The number of carbonyl (C=O) groups excluding carboxylic acids is 1. The molecule has 0 bridgehead atoms. The van der Waals surface area contributed by atoms with Crippen molar-refractivity contribution in [2.24, 2.45) is 17.3 Å². The van der Waals surface area contributed by atoms with Crippen molar-refractivity contribution in [2.45, 2.75) is 13.8 Å². The Morgan fingerprint density at radius 3 is 2.53 bits per heavy atom. The van der Waals surface area contributed by atoms with E-state index in [-0.39, 0.29) is 5.91 Å². The summed E-state index contributed by atoms with van der Waals surface area (Å²) in [5.41, 5.74) is -0.481. The van der Waals surface area contributed by atoms with Gasteiger partial charge in [0.2, 0.25) is 5.91 Å². The van der Waals surface area contributed by atoms with Gasteiger partial charge in [0.05, 0.1) is 11.8 Å². The van der Waals surface area contributed by atoms with Crippen molar-refractivity contribution in [2.75, 3.05) is 5.32 Å². The number of nitrogens with one attached hydrogen (secondary N) is 1. The molecule has 5 heteroatoms. The van der Waals surface area contributed by atoms with Crippen LogP contribution in [-0.4, -0.2) is 22.0 Å². The smallest absolute Gasteiger partial charge is 0.307 e. The number of nitrogens with zero attached hydrogens (tertiary/aromatic N) is 1. The lowest BCUT2D eigenvalue weighted by atomic mass is 10.1. The molecule has 17 heavy (non-hydrogen) atoms. The average Bonchev–Trinajstić information content (AvgIpc) is 2.83. The fourth-order valence-corrected chi connectivity index (χ4v) is 2.23. The molecule has 0 radical (unpaired) electrons. The Hall–Kier alpha value is -1.91. The van der Waals surface area contributed by atoms with E-state index in [1.807, 2.05) is 0 Å². The Morgan fingerprint density at radius 1 is 1.35 bits per heavy atom. The number of rotatable bonds is 3. The SMILES string of the molecule is CC1(C)[C@@H](C(=O)O)[C@@H]1C(=O)Nc1ccccn1. The number of anilines is 1. The molecule has 0 saturated heterocycles. The van der Waals surface area contributed by atoms with Crippen LogP contribution in [-0.2, 0) is 9.59 Å². The molecule has 1 heterocycles. The largest absolute Gasteiger partial charge is 0.481 e. The highest BCUT2D eigenvalue weighted by atomic mass is 16.4. The maximum Gasteiger partial charge on any atom is 0.307 e. The molecule has 0 spiro atoms. The van der Waals surface area contributed by atoms with Crippen molar-refractivity contribution in [3.63, 3.8) is 0 Å². The molecule has 0 aliphatic heterocycles. The van der Waals surface area contributed by atoms with E-state index in [0.29, 0.717) is 5.82 Å². The molecular formula is C12H14N2O3. The third-order valence-electron chi connectivity index (χ3n) is 3.29. The molecule has 1 aromatic heterocycles. The van der Waals surface area contributed by atoms with Gasteiger partial charge in [-0.2, -0.15) is 0 Å². The molecule has 5 nitrogen and oxygen atoms in total. The molecule has 90 valence electrons. The number of aromatic nitrogens is 1. The maximum atomic E-state index is 11.9. The summed E-state index contributed by atoms with van der Waals surface area (Å²) in [5, 5.41) is 11.6. The molecule has 1 saturated carbocycles. The average molecular weight is 234 g/mol. The van der Waals surface area contributed by atoms with Gasteiger partial charge in [0.25, 0.3) is 0 Å². The van der Waals surface area contributed by atoms with Crippen LogP contribution in [0.5, 0.6) is 0 Å². The van der Waals surface area contributed by atoms with Crippen LogP contribution in [0.4, 0.5) is 5.82 Å². The summed E-state index contributed by atoms with van der Waals surface area (Å²) in [6.07, 6.45) is 1.57. The molecule has 0 aromatic carbocycles. The number of carboxylic acid groups (broad SMARTS) is 1. The Balaban J connectivity index is 2.06. The Labute approximate surface area is 98.9 Å². The van der Waals surface area contributed by atoms with E-state index in [0.717, 1.165) is 0 Å². The van der Waals surface area contributed by atoms with Crippen molar-refractivity contribution in [3.05, 3.63) is 24.4 Å². The van der Waals surface area contributed by atoms with Crippen molar-refractivity contribution < 1.29 is 14.7 Å². The van der Waals surface area contributed by atoms with E-state index in [2.05, 4.69) is 10.3 Å². The number of carbonyl (C=O) groups is 2. The van der Waals surface area contributed by atoms with E-state index in [1.165, 1.54) is 0 Å². The van der Waals surface area contributed by atoms with Gasteiger partial charge in [0.1, 0.15) is 5.82 Å². The summed E-state index contributed by atoms with van der Waals surface area (Å²) in [6, 6.07) is 5.18. The van der Waals surface area contributed by atoms with Gasteiger partial charge in [-0.05, 0) is 17.5 Å². The van der Waals surface area contributed by atoms with Crippen LogP contribution in [0, 0.1) is 17.3 Å². The van der Waals surface area contributed by atoms with E-state index >= 15 is 0 Å². The highest BCUT2D eigenvalue weighted by Crippen LogP contribution is 2.58. The minimum Gasteiger partial charge on any atom is -0.481 e. The molecule has 1 aliphatic carbocycles. The first kappa shape index (κ1) is 11.6. The zero-order valence-electron chi connectivity index (χ0n) is 9.68. The topological polar surface area (TPSA) is 79.3 Å². The summed E-state index contributed by atoms with van der Waals surface area (Å²) >= 11 is 0. The number of carboxylic acids is 1. The number of amides is 1. The highest BCUT2D eigenvalue weighted by Gasteiger charge is 2.65. The van der Waals surface area contributed by atoms with Crippen molar-refractivity contribution >= 4 is 17.7 Å². The lowest BCUT2D eigenvalue weighted by Crippen LogP contribution is -2.18. The van der Waals surface area contributed by atoms with Crippen molar-refractivity contribution in [1.29, 1.82) is 0 Å². The third kappa shape index (κ3) is 2.00. The van der Waals surface area contributed by atoms with E-state index in [1.54, 1.807) is 38.2 Å². The standard InChI is InChI=1S/C12H14N2O3/c1-12(2)8(9(12)11(16)17)10(15)14-7-5-3-4-6-13-7/h3-6,8-9H,1-2H3,(H,16,17)(H,13,14,15)/t8-,9-/m1/s1. The van der Waals surface area contributed by atoms with E-state index in [4.69, 9.17) is 5.11 Å². The van der Waals surface area contributed by atoms with Gasteiger partial charge in [0.15, 0.2) is 0 Å². The van der Waals surface area contributed by atoms with Gasteiger partial charge >= 0.3 is 5.97 Å². The quantitative estimate of drug-likeness (QED) is 0.828. The fourth-order valence-electron chi connectivity index (χ4n) is 2.23. The predicted octanol–water partition coefficient (Wildman–Crippen LogP) is 1.38. The molecule has 1 amide bonds. The highest BCUT2D eigenvalue weighted by molar-refractivity contribution is 5.99. The number of aliphatic carboxylic acids is 1. The second kappa shape index (κ2) is 3.84. The lowest BCUT2D eigenvalue weighted by Gasteiger charge is -2.04. The van der Waals surface area contributed by atoms with Crippen LogP contribution in [0.25, 0.3) is 0 Å². The predicted molar refractivity (Wildman–Crippen MR) is 61.3 cm³/mol. The zero-order valence-corrected chi connectivity index (χ0v) is 9.68. The second-order valence-electron chi connectivity index (χ2n) is 4.82. The third-order valence-corrected chi connectivity index (χ3v) is 3.29. The van der Waals surface area contributed by atoms with Crippen molar-refractivity contribution in [1.82, 2.24) is 4.98 Å². The summed E-state index contributed by atoms with van der Waals surface area (Å²) < 4.78 is 0. The van der Waals surface area contributed by atoms with Crippen molar-refractivity contribution in [3.8, 4) is 0 Å². The first-order valence-corrected chi connectivity index (χ1v) is 5.39. The Kier molecular flexibility index (Phi) is 2.61. The van der Waals surface area contributed by atoms with Gasteiger partial charge in [-0.3, -0.25) is 9.59 Å². The Bertz CT molecular complexity index is 456. The molecule has 1 aromatic rings. The normalized spacial score (nSPS) is 25.1. The molecule has 2 rings (SSSR count). The van der Waals surface area contributed by atoms with Gasteiger partial charge in [-0.25, -0.2) is 4.98 Å². The van der Waals surface area contributed by atoms with Crippen LogP contribution in [0.3, 0.4) is 0 Å². The lowest BCUT2D eigenvalue weighted by molar-refractivity contribution is -0.140. The molecule has 2 atom stereocenters. The zero-order chi connectivity index (χ0) is 12.6. The first-order chi connectivity index (χ1) is 7.94. The molecule has 2 N–H and O–H groups in total. The van der Waals surface area contributed by atoms with Crippen LogP contribution in [0.15, 0.2) is 24.4 Å². The van der Waals surface area contributed by atoms with Gasteiger partial charge in [-0.15, -0.1) is 0 Å². The fraction of sp³-hybridized carbons (Fsp3) is 0.417. The second-order valence-corrected chi connectivity index (χ2v) is 4.82. The van der Waals surface area contributed by atoms with Gasteiger partial charge < -0.3 is 10.4 Å². The molecule has 1 aliphatic rings. The molecular weight excluding hydrogens is 220 g/mol. The van der Waals surface area contributed by atoms with Crippen LogP contribution >= 0.6 is 0 Å². The van der Waals surface area contributed by atoms with Crippen LogP contribution < -0.4 is 5.32 Å². The minimum atomic E-state index is -0.920. The molecule has 0 unspecified atom stereocenters. The summed E-state index contributed by atoms with van der Waals surface area (Å²) in [7, 11) is 0. The van der Waals surface area contributed by atoms with E-state index < -0.39 is 23.2 Å². The minimum absolute atomic E-state index is 0.277. The molecule has 1 fully saturated rings. The van der Waals surface area contributed by atoms with E-state index in [9.17, 15) is 9.59 Å². The first-order valence-electron chi connectivity index (χ1n) is 5.39. The Morgan fingerprint density at radius 2 is 2.06 bits per heavy atom. The van der Waals surface area contributed by atoms with Crippen LogP contribution in [0.2, 0.25) is 0 Å². The number of pyridine rings is 1. The number of hydrogen-bond acceptors (Lipinski definition) is 3. The summed E-state index contributed by atoms with van der Waals surface area (Å²) in [5.74, 6) is -1.84. The summed E-state index contributed by atoms with van der Waals surface area (Å²) in [4.78, 5) is 26.8. The summed E-state index contributed by atoms with van der Waals surface area (Å²) in [6.45, 7) is 3.57. The number of hydrogen-bond donors (Lipinski definition) is 2. The van der Waals surface area contributed by atoms with Crippen LogP contribution in [0.1, 0.15) is 13.8 Å². The van der Waals surface area contributed by atoms with Gasteiger partial charge in [-0.1, -0.05) is 19.9 Å². The van der Waals surface area contributed by atoms with Gasteiger partial charge in [0, 0.05) is 6.20 Å². The monoisotopic (exact) mass is 234 g/mol. The maximum absolute atomic E-state index is 11.9.